The van der Waals surface area contributed by atoms with E-state index in [0.29, 0.717) is 0 Å². The van der Waals surface area contributed by atoms with Gasteiger partial charge >= 0.3 is 0 Å². The molecule has 62 valence electrons. The maximum atomic E-state index is 10.7. The van der Waals surface area contributed by atoms with Crippen molar-refractivity contribution in [3.05, 3.63) is 5.82 Å². The molecule has 1 rings (SSSR count). The van der Waals surface area contributed by atoms with Gasteiger partial charge in [0, 0.05) is 6.26 Å². The van der Waals surface area contributed by atoms with Crippen molar-refractivity contribution in [2.24, 2.45) is 0 Å². The molecule has 0 saturated carbocycles. The summed E-state index contributed by atoms with van der Waals surface area (Å²) < 4.78 is 21.4. The number of rotatable bonds is 2. The lowest BCUT2D eigenvalue weighted by Crippen LogP contribution is -2.02. The minimum atomic E-state index is -3.05. The molecule has 0 spiro atoms. The van der Waals surface area contributed by atoms with Gasteiger partial charge in [0.2, 0.25) is 5.95 Å². The highest BCUT2D eigenvalue weighted by Crippen LogP contribution is 1.98. The number of nitrogens with two attached hydrogens (primary N) is 1. The zero-order valence-electron chi connectivity index (χ0n) is 5.90. The van der Waals surface area contributed by atoms with Crippen LogP contribution in [0.3, 0.4) is 0 Å². The topological polar surface area (TPSA) is 102 Å². The summed E-state index contributed by atoms with van der Waals surface area (Å²) in [6.07, 6.45) is 1.12. The van der Waals surface area contributed by atoms with E-state index in [0.717, 1.165) is 6.26 Å². The monoisotopic (exact) mass is 176 g/mol. The molecule has 6 nitrogen and oxygen atoms in total. The van der Waals surface area contributed by atoms with Crippen molar-refractivity contribution in [3.63, 3.8) is 0 Å². The summed E-state index contributed by atoms with van der Waals surface area (Å²) in [5.74, 6) is 0.172. The first-order valence-corrected chi connectivity index (χ1v) is 4.88. The van der Waals surface area contributed by atoms with Crippen LogP contribution in [0.1, 0.15) is 5.82 Å². The lowest BCUT2D eigenvalue weighted by atomic mass is 10.7. The summed E-state index contributed by atoms with van der Waals surface area (Å²) in [6, 6.07) is 0. The number of hydrogen-bond donors (Lipinski definition) is 2. The second kappa shape index (κ2) is 2.50. The van der Waals surface area contributed by atoms with Crippen LogP contribution in [0.5, 0.6) is 0 Å². The fourth-order valence-electron chi connectivity index (χ4n) is 0.623. The van der Waals surface area contributed by atoms with Crippen molar-refractivity contribution in [2.45, 2.75) is 5.75 Å². The Morgan fingerprint density at radius 2 is 2.27 bits per heavy atom. The van der Waals surface area contributed by atoms with Crippen LogP contribution in [0.25, 0.3) is 0 Å². The van der Waals surface area contributed by atoms with Crippen molar-refractivity contribution in [2.75, 3.05) is 12.0 Å². The Balaban J connectivity index is 2.81. The zero-order valence-corrected chi connectivity index (χ0v) is 6.72. The van der Waals surface area contributed by atoms with Gasteiger partial charge in [-0.05, 0) is 0 Å². The van der Waals surface area contributed by atoms with E-state index in [-0.39, 0.29) is 17.5 Å². The van der Waals surface area contributed by atoms with E-state index in [4.69, 9.17) is 5.73 Å². The number of aromatic amines is 1. The van der Waals surface area contributed by atoms with Gasteiger partial charge in [0.25, 0.3) is 0 Å². The van der Waals surface area contributed by atoms with Crippen molar-refractivity contribution >= 4 is 15.8 Å². The highest BCUT2D eigenvalue weighted by Gasteiger charge is 2.07. The number of nitrogens with zero attached hydrogens (tertiary/aromatic N) is 2. The molecule has 3 N–H and O–H groups in total. The second-order valence-corrected chi connectivity index (χ2v) is 4.35. The first-order chi connectivity index (χ1) is 4.97. The van der Waals surface area contributed by atoms with Crippen molar-refractivity contribution in [3.8, 4) is 0 Å². The highest BCUT2D eigenvalue weighted by molar-refractivity contribution is 7.89. The van der Waals surface area contributed by atoms with Crippen LogP contribution >= 0.6 is 0 Å². The van der Waals surface area contributed by atoms with Crippen molar-refractivity contribution < 1.29 is 8.42 Å². The summed E-state index contributed by atoms with van der Waals surface area (Å²) in [7, 11) is -3.05. The fourth-order valence-corrected chi connectivity index (χ4v) is 1.25. The Bertz CT molecular complexity index is 341. The van der Waals surface area contributed by atoms with Gasteiger partial charge in [-0.2, -0.15) is 4.98 Å². The molecule has 0 fully saturated rings. The van der Waals surface area contributed by atoms with Crippen LogP contribution in [0.4, 0.5) is 5.95 Å². The third-order valence-electron chi connectivity index (χ3n) is 0.948. The van der Waals surface area contributed by atoms with Gasteiger partial charge in [0.15, 0.2) is 9.84 Å². The van der Waals surface area contributed by atoms with Gasteiger partial charge in [0.1, 0.15) is 11.6 Å². The summed E-state index contributed by atoms with van der Waals surface area (Å²) >= 11 is 0. The molecular formula is C4H8N4O2S. The molecule has 0 bridgehead atoms. The Hall–Kier alpha value is -1.11. The minimum absolute atomic E-state index is 0.0589. The Morgan fingerprint density at radius 3 is 2.64 bits per heavy atom. The van der Waals surface area contributed by atoms with E-state index in [1.54, 1.807) is 0 Å². The zero-order chi connectivity index (χ0) is 8.48. The molecule has 1 heterocycles. The highest BCUT2D eigenvalue weighted by atomic mass is 32.2. The lowest BCUT2D eigenvalue weighted by Gasteiger charge is -1.89. The van der Waals surface area contributed by atoms with Crippen LogP contribution in [0.15, 0.2) is 0 Å². The summed E-state index contributed by atoms with van der Waals surface area (Å²) in [6.45, 7) is 0. The predicted molar refractivity (Wildman–Crippen MR) is 39.3 cm³/mol. The number of nitrogen functional groups attached to an aromatic ring is 1. The largest absolute Gasteiger partial charge is 0.367 e. The van der Waals surface area contributed by atoms with E-state index in [9.17, 15) is 8.42 Å². The second-order valence-electron chi connectivity index (χ2n) is 2.21. The molecule has 7 heteroatoms. The van der Waals surface area contributed by atoms with E-state index in [1.807, 2.05) is 0 Å². The van der Waals surface area contributed by atoms with Crippen molar-refractivity contribution in [1.82, 2.24) is 15.2 Å². The number of anilines is 1. The molecule has 1 aromatic rings. The maximum absolute atomic E-state index is 10.7. The lowest BCUT2D eigenvalue weighted by molar-refractivity contribution is 0.599. The van der Waals surface area contributed by atoms with Gasteiger partial charge in [-0.1, -0.05) is 0 Å². The van der Waals surface area contributed by atoms with Gasteiger partial charge < -0.3 is 5.73 Å². The number of H-pyrrole nitrogens is 1. The molecule has 11 heavy (non-hydrogen) atoms. The molecular weight excluding hydrogens is 168 g/mol. The molecule has 0 amide bonds. The van der Waals surface area contributed by atoms with Gasteiger partial charge in [-0.25, -0.2) is 8.42 Å². The van der Waals surface area contributed by atoms with Gasteiger partial charge in [0.05, 0.1) is 0 Å². The summed E-state index contributed by atoms with van der Waals surface area (Å²) in [5, 5.41) is 5.87. The van der Waals surface area contributed by atoms with Crippen LogP contribution in [-0.2, 0) is 15.6 Å². The minimum Gasteiger partial charge on any atom is -0.367 e. The molecule has 0 atom stereocenters. The first-order valence-electron chi connectivity index (χ1n) is 2.82. The van der Waals surface area contributed by atoms with E-state index in [1.165, 1.54) is 0 Å². The molecule has 0 aromatic carbocycles. The summed E-state index contributed by atoms with van der Waals surface area (Å²) in [4.78, 5) is 3.63. The first kappa shape index (κ1) is 7.99. The van der Waals surface area contributed by atoms with Crippen LogP contribution < -0.4 is 5.73 Å². The third kappa shape index (κ3) is 2.54. The number of aromatic nitrogens is 3. The van der Waals surface area contributed by atoms with E-state index in [2.05, 4.69) is 15.2 Å². The maximum Gasteiger partial charge on any atom is 0.239 e. The van der Waals surface area contributed by atoms with E-state index < -0.39 is 9.84 Å². The molecule has 0 aliphatic heterocycles. The molecule has 1 aromatic heterocycles. The molecule has 0 aliphatic rings. The smallest absolute Gasteiger partial charge is 0.239 e. The molecule has 0 radical (unpaired) electrons. The SMILES string of the molecule is CS(=O)(=O)Cc1nc(N)n[nH]1. The normalized spacial score (nSPS) is 11.7. The third-order valence-corrected chi connectivity index (χ3v) is 1.75. The Labute approximate surface area is 63.7 Å². The van der Waals surface area contributed by atoms with E-state index >= 15 is 0 Å². The quantitative estimate of drug-likeness (QED) is 0.597. The van der Waals surface area contributed by atoms with Gasteiger partial charge in [-0.3, -0.25) is 5.10 Å². The fraction of sp³-hybridized carbons (Fsp3) is 0.500. The molecule has 0 unspecified atom stereocenters. The predicted octanol–water partition coefficient (Wildman–Crippen LogP) is -1.07. The standard InChI is InChI=1S/C4H8N4O2S/c1-11(9,10)2-3-6-4(5)8-7-3/h2H2,1H3,(H3,5,6,7,8). The number of sulfone groups is 1. The average molecular weight is 176 g/mol. The Morgan fingerprint density at radius 1 is 1.64 bits per heavy atom. The van der Waals surface area contributed by atoms with Crippen LogP contribution in [0, 0.1) is 0 Å². The summed E-state index contributed by atoms with van der Waals surface area (Å²) in [5.41, 5.74) is 5.15. The average Bonchev–Trinajstić information content (AvgIpc) is 2.10. The van der Waals surface area contributed by atoms with Crippen LogP contribution in [-0.4, -0.2) is 29.9 Å². The van der Waals surface area contributed by atoms with Crippen molar-refractivity contribution in [1.29, 1.82) is 0 Å². The van der Waals surface area contributed by atoms with Gasteiger partial charge in [-0.15, -0.1) is 5.10 Å². The van der Waals surface area contributed by atoms with Crippen LogP contribution in [0.2, 0.25) is 0 Å². The molecule has 0 aliphatic carbocycles. The number of hydrogen-bond acceptors (Lipinski definition) is 5. The molecule has 0 saturated heterocycles. The Kier molecular flexibility index (Phi) is 1.81. The number of nitrogens with one attached hydrogen (secondary N) is 1.